The van der Waals surface area contributed by atoms with Crippen LogP contribution in [0.15, 0.2) is 85.1 Å². The van der Waals surface area contributed by atoms with Gasteiger partial charge in [0.15, 0.2) is 6.10 Å². The molecule has 0 radical (unpaired) electrons. The van der Waals surface area contributed by atoms with Crippen LogP contribution in [0.25, 0.3) is 0 Å². The van der Waals surface area contributed by atoms with Gasteiger partial charge in [-0.25, -0.2) is 0 Å². The van der Waals surface area contributed by atoms with Crippen molar-refractivity contribution < 1.29 is 28.6 Å². The van der Waals surface area contributed by atoms with Crippen molar-refractivity contribution in [1.82, 2.24) is 0 Å². The quantitative estimate of drug-likeness (QED) is 0.0261. The fourth-order valence-electron chi connectivity index (χ4n) is 9.21. The topological polar surface area (TPSA) is 78.9 Å². The van der Waals surface area contributed by atoms with E-state index < -0.39 is 6.10 Å². The molecule has 0 rings (SSSR count). The van der Waals surface area contributed by atoms with Crippen LogP contribution in [0.4, 0.5) is 0 Å². The maximum absolute atomic E-state index is 12.8. The van der Waals surface area contributed by atoms with Crippen molar-refractivity contribution in [2.45, 2.75) is 329 Å². The van der Waals surface area contributed by atoms with Crippen molar-refractivity contribution in [3.8, 4) is 0 Å². The Kier molecular flexibility index (Phi) is 61.2. The number of hydrogen-bond acceptors (Lipinski definition) is 6. The molecule has 6 nitrogen and oxygen atoms in total. The zero-order valence-electron chi connectivity index (χ0n) is 50.3. The summed E-state index contributed by atoms with van der Waals surface area (Å²) >= 11 is 0. The minimum Gasteiger partial charge on any atom is -0.462 e. The van der Waals surface area contributed by atoms with Crippen LogP contribution in [-0.4, -0.2) is 37.2 Å². The number of allylic oxidation sites excluding steroid dienone is 14. The van der Waals surface area contributed by atoms with E-state index in [2.05, 4.69) is 106 Å². The highest BCUT2D eigenvalue weighted by Crippen LogP contribution is 2.17. The molecule has 0 fully saturated rings. The van der Waals surface area contributed by atoms with Crippen molar-refractivity contribution in [3.05, 3.63) is 85.1 Å². The van der Waals surface area contributed by atoms with E-state index in [0.717, 1.165) is 109 Å². The summed E-state index contributed by atoms with van der Waals surface area (Å²) in [5, 5.41) is 0. The summed E-state index contributed by atoms with van der Waals surface area (Å²) in [6, 6.07) is 0. The Balaban J connectivity index is 4.10. The third kappa shape index (κ3) is 61.4. The summed E-state index contributed by atoms with van der Waals surface area (Å²) in [6.45, 7) is 6.49. The van der Waals surface area contributed by atoms with Crippen molar-refractivity contribution in [1.29, 1.82) is 0 Å². The average molecular weight is 1060 g/mol. The van der Waals surface area contributed by atoms with E-state index in [4.69, 9.17) is 14.2 Å². The van der Waals surface area contributed by atoms with Crippen LogP contribution < -0.4 is 0 Å². The Morgan fingerprint density at radius 1 is 0.276 bits per heavy atom. The standard InChI is InChI=1S/C70H122O6/c1-4-7-10-13-16-19-22-24-26-27-28-29-30-31-32-33-34-35-36-37-38-39-40-41-42-43-44-46-48-51-54-57-60-63-69(72)75-66-67(65-74-68(71)62-59-56-53-50-47-21-18-15-12-9-6-3)76-70(73)64-61-58-55-52-49-45-25-23-20-17-14-11-8-5-2/h7,10,15-16,18-19,23-26,28-29,31-32,67H,4-6,8-9,11-14,17,20-22,27,30,33-66H2,1-3H3/b10-7-,18-15-,19-16-,25-23-,26-24-,29-28-,32-31-. The lowest BCUT2D eigenvalue weighted by Gasteiger charge is -2.18. The first-order valence-electron chi connectivity index (χ1n) is 32.6. The van der Waals surface area contributed by atoms with Gasteiger partial charge in [0.2, 0.25) is 0 Å². The zero-order chi connectivity index (χ0) is 55.0. The Labute approximate surface area is 471 Å². The van der Waals surface area contributed by atoms with Crippen molar-refractivity contribution in [2.75, 3.05) is 13.2 Å². The molecule has 0 bridgehead atoms. The Morgan fingerprint density at radius 2 is 0.526 bits per heavy atom. The lowest BCUT2D eigenvalue weighted by atomic mass is 10.0. The number of unbranched alkanes of at least 4 members (excludes halogenated alkanes) is 34. The average Bonchev–Trinajstić information content (AvgIpc) is 3.42. The van der Waals surface area contributed by atoms with Crippen LogP contribution in [0.3, 0.4) is 0 Å². The minimum absolute atomic E-state index is 0.0789. The molecule has 6 heteroatoms. The lowest BCUT2D eigenvalue weighted by molar-refractivity contribution is -0.167. The molecule has 0 amide bonds. The van der Waals surface area contributed by atoms with Gasteiger partial charge in [-0.15, -0.1) is 0 Å². The highest BCUT2D eigenvalue weighted by Gasteiger charge is 2.19. The van der Waals surface area contributed by atoms with E-state index >= 15 is 0 Å². The second kappa shape index (κ2) is 64.1. The summed E-state index contributed by atoms with van der Waals surface area (Å²) in [7, 11) is 0. The highest BCUT2D eigenvalue weighted by atomic mass is 16.6. The SMILES string of the molecule is CC/C=C\C/C=C\C/C=C\C/C=C\C/C=C\CCCCCCCCCCCCCCCCCCCC(=O)OCC(COC(=O)CCCCCCC/C=C\CCCC)OC(=O)CCCCCCC/C=C\CCCCCCC. The number of carbonyl (C=O) groups excluding carboxylic acids is 3. The van der Waals surface area contributed by atoms with Gasteiger partial charge in [0.05, 0.1) is 0 Å². The number of hydrogen-bond donors (Lipinski definition) is 0. The molecule has 0 spiro atoms. The largest absolute Gasteiger partial charge is 0.462 e. The summed E-state index contributed by atoms with van der Waals surface area (Å²) in [5.41, 5.74) is 0. The molecule has 0 saturated carbocycles. The van der Waals surface area contributed by atoms with E-state index in [1.165, 1.54) is 173 Å². The first-order valence-corrected chi connectivity index (χ1v) is 32.6. The number of ether oxygens (including phenoxy) is 3. The Hall–Kier alpha value is -3.41. The van der Waals surface area contributed by atoms with Gasteiger partial charge in [-0.05, 0) is 109 Å². The lowest BCUT2D eigenvalue weighted by Crippen LogP contribution is -2.30. The Morgan fingerprint density at radius 3 is 0.855 bits per heavy atom. The molecular formula is C70H122O6. The van der Waals surface area contributed by atoms with E-state index in [1.54, 1.807) is 0 Å². The summed E-state index contributed by atoms with van der Waals surface area (Å²) in [5.74, 6) is -0.886. The van der Waals surface area contributed by atoms with E-state index in [-0.39, 0.29) is 31.1 Å². The summed E-state index contributed by atoms with van der Waals surface area (Å²) < 4.78 is 16.9. The molecule has 0 aliphatic heterocycles. The van der Waals surface area contributed by atoms with Crippen molar-refractivity contribution in [2.24, 2.45) is 0 Å². The van der Waals surface area contributed by atoms with Crippen molar-refractivity contribution in [3.63, 3.8) is 0 Å². The third-order valence-electron chi connectivity index (χ3n) is 14.1. The number of esters is 3. The Bertz CT molecular complexity index is 1450. The smallest absolute Gasteiger partial charge is 0.306 e. The van der Waals surface area contributed by atoms with E-state index in [9.17, 15) is 14.4 Å². The maximum Gasteiger partial charge on any atom is 0.306 e. The number of carbonyl (C=O) groups is 3. The molecule has 0 aliphatic rings. The second-order valence-electron chi connectivity index (χ2n) is 21.6. The molecular weight excluding hydrogens is 937 g/mol. The van der Waals surface area contributed by atoms with Crippen LogP contribution in [0.2, 0.25) is 0 Å². The first-order chi connectivity index (χ1) is 37.5. The summed E-state index contributed by atoms with van der Waals surface area (Å²) in [4.78, 5) is 38.2. The summed E-state index contributed by atoms with van der Waals surface area (Å²) in [6.07, 6.45) is 84.7. The second-order valence-corrected chi connectivity index (χ2v) is 21.6. The fourth-order valence-corrected chi connectivity index (χ4v) is 9.21. The highest BCUT2D eigenvalue weighted by molar-refractivity contribution is 5.71. The predicted molar refractivity (Wildman–Crippen MR) is 330 cm³/mol. The molecule has 1 unspecified atom stereocenters. The first kappa shape index (κ1) is 72.6. The molecule has 0 aromatic rings. The molecule has 0 aromatic carbocycles. The molecule has 76 heavy (non-hydrogen) atoms. The van der Waals surface area contributed by atoms with Gasteiger partial charge >= 0.3 is 17.9 Å². The van der Waals surface area contributed by atoms with Crippen LogP contribution in [0.5, 0.6) is 0 Å². The molecule has 0 aliphatic carbocycles. The number of rotatable bonds is 59. The molecule has 0 heterocycles. The van der Waals surface area contributed by atoms with Crippen molar-refractivity contribution >= 4 is 17.9 Å². The molecule has 0 N–H and O–H groups in total. The molecule has 0 saturated heterocycles. The zero-order valence-corrected chi connectivity index (χ0v) is 50.3. The molecule has 438 valence electrons. The van der Waals surface area contributed by atoms with Crippen LogP contribution in [0, 0.1) is 0 Å². The van der Waals surface area contributed by atoms with Gasteiger partial charge in [0, 0.05) is 19.3 Å². The van der Waals surface area contributed by atoms with Crippen LogP contribution >= 0.6 is 0 Å². The van der Waals surface area contributed by atoms with Gasteiger partial charge in [-0.2, -0.15) is 0 Å². The van der Waals surface area contributed by atoms with Gasteiger partial charge in [0.25, 0.3) is 0 Å². The van der Waals surface area contributed by atoms with E-state index in [1.807, 2.05) is 0 Å². The van der Waals surface area contributed by atoms with E-state index in [0.29, 0.717) is 19.3 Å². The monoisotopic (exact) mass is 1060 g/mol. The third-order valence-corrected chi connectivity index (χ3v) is 14.1. The fraction of sp³-hybridized carbons (Fsp3) is 0.757. The molecule has 1 atom stereocenters. The van der Waals surface area contributed by atoms with Crippen LogP contribution in [-0.2, 0) is 28.6 Å². The van der Waals surface area contributed by atoms with Gasteiger partial charge in [0.1, 0.15) is 13.2 Å². The van der Waals surface area contributed by atoms with Gasteiger partial charge in [-0.3, -0.25) is 14.4 Å². The maximum atomic E-state index is 12.8. The predicted octanol–water partition coefficient (Wildman–Crippen LogP) is 22.3. The molecule has 0 aromatic heterocycles. The van der Waals surface area contributed by atoms with Gasteiger partial charge < -0.3 is 14.2 Å². The van der Waals surface area contributed by atoms with Gasteiger partial charge in [-0.1, -0.05) is 279 Å². The normalized spacial score (nSPS) is 12.6. The minimum atomic E-state index is -0.781. The van der Waals surface area contributed by atoms with Crippen LogP contribution in [0.1, 0.15) is 323 Å².